The van der Waals surface area contributed by atoms with E-state index in [0.29, 0.717) is 34.9 Å². The van der Waals surface area contributed by atoms with Gasteiger partial charge in [0.25, 0.3) is 0 Å². The Morgan fingerprint density at radius 2 is 1.30 bits per heavy atom. The minimum absolute atomic E-state index is 0.130. The molecular formula is C60H59F5N6O10. The maximum absolute atomic E-state index is 13.8. The number of anilines is 2. The summed E-state index contributed by atoms with van der Waals surface area (Å²) in [5, 5.41) is 39.5. The van der Waals surface area contributed by atoms with Gasteiger partial charge in [-0.3, -0.25) is 24.7 Å². The molecule has 3 amide bonds. The van der Waals surface area contributed by atoms with Gasteiger partial charge in [-0.1, -0.05) is 97.1 Å². The summed E-state index contributed by atoms with van der Waals surface area (Å²) in [5.41, 5.74) is 5.40. The average molecular weight is 1120 g/mol. The number of ether oxygens (including phenoxy) is 3. The third kappa shape index (κ3) is 17.6. The normalized spacial score (nSPS) is 15.5. The summed E-state index contributed by atoms with van der Waals surface area (Å²) < 4.78 is 75.7. The molecule has 0 bridgehead atoms. The minimum Gasteiger partial charge on any atom is -0.542 e. The van der Waals surface area contributed by atoms with E-state index in [9.17, 15) is 46.5 Å². The summed E-state index contributed by atoms with van der Waals surface area (Å²) >= 11 is 0. The van der Waals surface area contributed by atoms with Crippen molar-refractivity contribution in [3.63, 3.8) is 0 Å². The van der Waals surface area contributed by atoms with Gasteiger partial charge in [-0.05, 0) is 95.8 Å². The van der Waals surface area contributed by atoms with Crippen molar-refractivity contribution in [1.29, 1.82) is 0 Å². The number of carbonyl (C=O) groups is 4. The predicted molar refractivity (Wildman–Crippen MR) is 285 cm³/mol. The Kier molecular flexibility index (Phi) is 22.2. The number of quaternary nitrogens is 1. The van der Waals surface area contributed by atoms with Crippen LogP contribution in [0.3, 0.4) is 0 Å². The molecule has 21 heteroatoms. The van der Waals surface area contributed by atoms with Crippen molar-refractivity contribution in [2.45, 2.75) is 55.8 Å². The fourth-order valence-electron chi connectivity index (χ4n) is 9.20. The van der Waals surface area contributed by atoms with Gasteiger partial charge in [0.1, 0.15) is 36.9 Å². The van der Waals surface area contributed by atoms with Crippen LogP contribution >= 0.6 is 0 Å². The van der Waals surface area contributed by atoms with Crippen LogP contribution in [0.5, 0.6) is 0 Å². The molecule has 1 aliphatic heterocycles. The number of aliphatic hydroxyl groups excluding tert-OH is 2. The fourth-order valence-corrected chi connectivity index (χ4v) is 9.20. The molecule has 0 aliphatic carbocycles. The second kappa shape index (κ2) is 29.8. The molecule has 0 radical (unpaired) electrons. The molecule has 16 nitrogen and oxygen atoms in total. The topological polar surface area (TPSA) is 229 Å². The number of aliphatic hydroxyl groups is 2. The highest BCUT2D eigenvalue weighted by molar-refractivity contribution is 6.03. The summed E-state index contributed by atoms with van der Waals surface area (Å²) in [6, 6.07) is 46.0. The van der Waals surface area contributed by atoms with E-state index in [1.54, 1.807) is 29.4 Å². The lowest BCUT2D eigenvalue weighted by Crippen LogP contribution is -2.81. The molecule has 2 aromatic heterocycles. The first kappa shape index (κ1) is 60.3. The predicted octanol–water partition coefficient (Wildman–Crippen LogP) is 7.03. The zero-order chi connectivity index (χ0) is 57.7. The zero-order valence-electron chi connectivity index (χ0n) is 43.5. The lowest BCUT2D eigenvalue weighted by atomic mass is 9.78. The molecule has 1 saturated heterocycles. The van der Waals surface area contributed by atoms with E-state index in [1.807, 2.05) is 121 Å². The van der Waals surface area contributed by atoms with Gasteiger partial charge in [-0.25, -0.2) is 13.8 Å². The van der Waals surface area contributed by atoms with Crippen molar-refractivity contribution in [3.05, 3.63) is 221 Å². The van der Waals surface area contributed by atoms with Crippen LogP contribution in [0, 0.1) is 17.6 Å². The number of carboxylic acid groups (broad SMARTS) is 1. The van der Waals surface area contributed by atoms with E-state index in [2.05, 4.69) is 20.6 Å². The summed E-state index contributed by atoms with van der Waals surface area (Å²) in [5.74, 6) is -5.05. The molecule has 1 fully saturated rings. The van der Waals surface area contributed by atoms with Gasteiger partial charge < -0.3 is 49.9 Å². The lowest BCUT2D eigenvalue weighted by molar-refractivity contribution is -0.627. The molecule has 0 spiro atoms. The Hall–Kier alpha value is -8.31. The van der Waals surface area contributed by atoms with Gasteiger partial charge in [0.2, 0.25) is 23.5 Å². The molecule has 6 unspecified atom stereocenters. The minimum atomic E-state index is -5.19. The Bertz CT molecular complexity index is 3110. The number of nitrogens with one attached hydrogen (secondary N) is 2. The molecular weight excluding hydrogens is 1060 g/mol. The molecule has 8 rings (SSSR count). The van der Waals surface area contributed by atoms with Crippen molar-refractivity contribution in [1.82, 2.24) is 15.3 Å². The number of carbonyl (C=O) groups excluding carboxylic acids is 4. The third-order valence-corrected chi connectivity index (χ3v) is 13.1. The number of rotatable bonds is 26. The van der Waals surface area contributed by atoms with Crippen LogP contribution in [0.15, 0.2) is 176 Å². The van der Waals surface area contributed by atoms with Crippen molar-refractivity contribution in [2.24, 2.45) is 5.92 Å². The summed E-state index contributed by atoms with van der Waals surface area (Å²) in [6.07, 6.45) is -3.01. The highest BCUT2D eigenvalue weighted by atomic mass is 19.4. The third-order valence-electron chi connectivity index (χ3n) is 13.1. The maximum atomic E-state index is 13.8. The molecule has 6 N–H and O–H groups in total. The number of pyridine rings is 2. The highest BCUT2D eigenvalue weighted by Gasteiger charge is 2.48. The Morgan fingerprint density at radius 3 is 1.94 bits per heavy atom. The summed E-state index contributed by atoms with van der Waals surface area (Å²) in [7, 11) is 0. The number of benzene rings is 5. The first-order valence-corrected chi connectivity index (χ1v) is 25.7. The molecule has 1 aliphatic rings. The highest BCUT2D eigenvalue weighted by Crippen LogP contribution is 2.47. The number of nitrogens with zero attached hydrogens (tertiary/aromatic N) is 3. The maximum Gasteiger partial charge on any atom is 0.430 e. The van der Waals surface area contributed by atoms with Gasteiger partial charge in [0, 0.05) is 41.9 Å². The van der Waals surface area contributed by atoms with Crippen LogP contribution in [0.4, 0.5) is 39.1 Å². The van der Waals surface area contributed by atoms with E-state index in [-0.39, 0.29) is 70.3 Å². The second-order valence-electron chi connectivity index (χ2n) is 18.6. The number of aliphatic carboxylic acids is 1. The van der Waals surface area contributed by atoms with Crippen LogP contribution in [0.2, 0.25) is 0 Å². The molecule has 81 heavy (non-hydrogen) atoms. The number of alkyl halides is 3. The van der Waals surface area contributed by atoms with Crippen molar-refractivity contribution < 1.29 is 76.0 Å². The lowest BCUT2D eigenvalue weighted by Gasteiger charge is -2.48. The quantitative estimate of drug-likeness (QED) is 0.0209. The monoisotopic (exact) mass is 1120 g/mol. The number of hydrogen-bond acceptors (Lipinski definition) is 12. The number of hydrogen-bond donors (Lipinski definition) is 5. The van der Waals surface area contributed by atoms with Crippen molar-refractivity contribution >= 4 is 40.9 Å². The SMILES string of the molecule is O=C(COCCOCCOCC(=O)Nc1ccccc1C([NH2+]c1ccccn1)C(c1ccccn1)C(O)c1ccccc1)NCc1cccc(C2C(CCC(O)c3ccc(F)cc3)C(=O)N2c2ccc(F)cc2)c1.O=C([O-])C(F)(F)F. The van der Waals surface area contributed by atoms with Gasteiger partial charge in [0.05, 0.1) is 62.2 Å². The molecule has 0 saturated carbocycles. The van der Waals surface area contributed by atoms with Gasteiger partial charge in [-0.2, -0.15) is 13.2 Å². The van der Waals surface area contributed by atoms with E-state index >= 15 is 0 Å². The largest absolute Gasteiger partial charge is 0.542 e. The molecule has 6 atom stereocenters. The zero-order valence-corrected chi connectivity index (χ0v) is 43.5. The number of carboxylic acids is 1. The van der Waals surface area contributed by atoms with E-state index in [1.165, 1.54) is 36.4 Å². The van der Waals surface area contributed by atoms with Gasteiger partial charge in [0.15, 0.2) is 0 Å². The van der Waals surface area contributed by atoms with Gasteiger partial charge >= 0.3 is 6.18 Å². The van der Waals surface area contributed by atoms with Crippen molar-refractivity contribution in [2.75, 3.05) is 49.9 Å². The van der Waals surface area contributed by atoms with Crippen LogP contribution in [-0.4, -0.2) is 89.7 Å². The van der Waals surface area contributed by atoms with E-state index < -0.39 is 59.9 Å². The molecule has 3 heterocycles. The van der Waals surface area contributed by atoms with Crippen LogP contribution in [0.25, 0.3) is 0 Å². The summed E-state index contributed by atoms with van der Waals surface area (Å²) in [4.78, 5) is 59.3. The standard InChI is InChI=1S/C58H58F2N6O8.C2HF3O2/c59-43-21-19-40(20-22-43)50(67)28-27-47-56(66(58(47)71)45-25-23-44(60)24-26-45)42-14-10-11-39(35-42)36-63-52(68)37-73-33-31-72-32-34-74-38-53(69)64-48-16-5-4-15-46(48)55(65-51-18-7-9-30-62-51)54(49-17-6-8-29-61-49)57(70)41-12-2-1-3-13-41;3-2(4,5)1(6)7/h1-26,29-30,35,47,50,54-57,67,70H,27-28,31-34,36-38H2,(H,62,65)(H,63,68)(H,64,69);(H,6,7). The number of para-hydroxylation sites is 1. The number of amides is 3. The molecule has 5 aromatic carbocycles. The second-order valence-corrected chi connectivity index (χ2v) is 18.6. The Morgan fingerprint density at radius 1 is 0.691 bits per heavy atom. The Balaban J connectivity index is 0.00000127. The van der Waals surface area contributed by atoms with Crippen LogP contribution in [0.1, 0.15) is 76.6 Å². The number of aromatic nitrogens is 2. The Labute approximate surface area is 463 Å². The first-order chi connectivity index (χ1) is 39.1. The number of β-lactam (4-membered cyclic amide) rings is 1. The number of nitrogens with two attached hydrogens (primary N) is 1. The molecule has 7 aromatic rings. The van der Waals surface area contributed by atoms with E-state index in [4.69, 9.17) is 24.1 Å². The average Bonchev–Trinajstić information content (AvgIpc) is 3.60. The molecule has 424 valence electrons. The van der Waals surface area contributed by atoms with Crippen LogP contribution < -0.4 is 26.0 Å². The van der Waals surface area contributed by atoms with Gasteiger partial charge in [-0.15, -0.1) is 0 Å². The fraction of sp³-hybridized carbons (Fsp3) is 0.267. The summed E-state index contributed by atoms with van der Waals surface area (Å²) in [6.45, 7) is 0.390. The number of halogens is 5. The first-order valence-electron chi connectivity index (χ1n) is 25.7. The van der Waals surface area contributed by atoms with Crippen LogP contribution in [-0.2, 0) is 39.9 Å². The van der Waals surface area contributed by atoms with E-state index in [0.717, 1.165) is 22.3 Å². The smallest absolute Gasteiger partial charge is 0.430 e. The van der Waals surface area contributed by atoms with Crippen molar-refractivity contribution in [3.8, 4) is 0 Å².